The lowest BCUT2D eigenvalue weighted by atomic mass is 10.1. The van der Waals surface area contributed by atoms with Crippen molar-refractivity contribution in [2.45, 2.75) is 17.6 Å². The SMILES string of the molecule is Cc1ccccc1Nc1ccccc1C(=O)Nc1ccccc1SC(F)F. The van der Waals surface area contributed by atoms with Crippen LogP contribution in [0.5, 0.6) is 0 Å². The van der Waals surface area contributed by atoms with E-state index in [1.807, 2.05) is 37.3 Å². The number of carbonyl (C=O) groups excluding carboxylic acids is 1. The first-order valence-corrected chi connectivity index (χ1v) is 9.19. The summed E-state index contributed by atoms with van der Waals surface area (Å²) in [5, 5.41) is 6.01. The van der Waals surface area contributed by atoms with Crippen LogP contribution in [0.1, 0.15) is 15.9 Å². The highest BCUT2D eigenvalue weighted by molar-refractivity contribution is 7.99. The van der Waals surface area contributed by atoms with Gasteiger partial charge in [-0.2, -0.15) is 8.78 Å². The molecule has 2 N–H and O–H groups in total. The van der Waals surface area contributed by atoms with E-state index in [4.69, 9.17) is 0 Å². The van der Waals surface area contributed by atoms with E-state index in [9.17, 15) is 13.6 Å². The Balaban J connectivity index is 1.85. The molecule has 0 aliphatic carbocycles. The summed E-state index contributed by atoms with van der Waals surface area (Å²) in [6.07, 6.45) is 0. The first-order valence-electron chi connectivity index (χ1n) is 8.31. The van der Waals surface area contributed by atoms with E-state index in [2.05, 4.69) is 10.6 Å². The van der Waals surface area contributed by atoms with E-state index in [-0.39, 0.29) is 5.91 Å². The van der Waals surface area contributed by atoms with Gasteiger partial charge in [0.15, 0.2) is 0 Å². The Labute approximate surface area is 160 Å². The smallest absolute Gasteiger partial charge is 0.288 e. The summed E-state index contributed by atoms with van der Waals surface area (Å²) in [7, 11) is 0. The molecule has 3 aromatic carbocycles. The Morgan fingerprint density at radius 3 is 2.15 bits per heavy atom. The molecule has 1 amide bonds. The molecule has 138 valence electrons. The van der Waals surface area contributed by atoms with Crippen LogP contribution in [0.25, 0.3) is 0 Å². The molecule has 0 saturated carbocycles. The number of para-hydroxylation sites is 3. The summed E-state index contributed by atoms with van der Waals surface area (Å²) >= 11 is 0.407. The summed E-state index contributed by atoms with van der Waals surface area (Å²) < 4.78 is 25.5. The van der Waals surface area contributed by atoms with Crippen molar-refractivity contribution in [2.75, 3.05) is 10.6 Å². The Hall–Kier alpha value is -2.86. The third kappa shape index (κ3) is 4.86. The number of halogens is 2. The Kier molecular flexibility index (Phi) is 6.08. The van der Waals surface area contributed by atoms with Crippen molar-refractivity contribution in [2.24, 2.45) is 0 Å². The fourth-order valence-electron chi connectivity index (χ4n) is 2.61. The van der Waals surface area contributed by atoms with E-state index in [1.54, 1.807) is 42.5 Å². The second kappa shape index (κ2) is 8.68. The molecule has 3 nitrogen and oxygen atoms in total. The molecule has 0 bridgehead atoms. The van der Waals surface area contributed by atoms with Crippen LogP contribution in [0.3, 0.4) is 0 Å². The summed E-state index contributed by atoms with van der Waals surface area (Å²) in [5.41, 5.74) is 3.37. The first kappa shape index (κ1) is 18.9. The highest BCUT2D eigenvalue weighted by atomic mass is 32.2. The number of carbonyl (C=O) groups is 1. The third-order valence-electron chi connectivity index (χ3n) is 3.94. The molecule has 0 aliphatic heterocycles. The van der Waals surface area contributed by atoms with Crippen molar-refractivity contribution < 1.29 is 13.6 Å². The van der Waals surface area contributed by atoms with Gasteiger partial charge in [0.2, 0.25) is 0 Å². The fraction of sp³-hybridized carbons (Fsp3) is 0.0952. The van der Waals surface area contributed by atoms with Crippen LogP contribution >= 0.6 is 11.8 Å². The van der Waals surface area contributed by atoms with Gasteiger partial charge in [0.05, 0.1) is 16.9 Å². The van der Waals surface area contributed by atoms with E-state index in [0.29, 0.717) is 33.6 Å². The van der Waals surface area contributed by atoms with Crippen LogP contribution in [0, 0.1) is 6.92 Å². The first-order chi connectivity index (χ1) is 13.0. The number of alkyl halides is 2. The van der Waals surface area contributed by atoms with Crippen molar-refractivity contribution in [3.05, 3.63) is 83.9 Å². The van der Waals surface area contributed by atoms with Gasteiger partial charge in [0, 0.05) is 10.6 Å². The minimum Gasteiger partial charge on any atom is -0.355 e. The second-order valence-electron chi connectivity index (χ2n) is 5.81. The van der Waals surface area contributed by atoms with Crippen molar-refractivity contribution in [1.82, 2.24) is 0 Å². The summed E-state index contributed by atoms with van der Waals surface area (Å²) in [6.45, 7) is 1.98. The zero-order valence-corrected chi connectivity index (χ0v) is 15.4. The Morgan fingerprint density at radius 1 is 0.852 bits per heavy atom. The van der Waals surface area contributed by atoms with Crippen LogP contribution in [0.4, 0.5) is 25.8 Å². The van der Waals surface area contributed by atoms with Crippen LogP contribution in [-0.4, -0.2) is 11.7 Å². The molecule has 0 heterocycles. The van der Waals surface area contributed by atoms with E-state index >= 15 is 0 Å². The molecule has 0 aromatic heterocycles. The largest absolute Gasteiger partial charge is 0.355 e. The molecule has 27 heavy (non-hydrogen) atoms. The summed E-state index contributed by atoms with van der Waals surface area (Å²) in [5.74, 6) is -2.92. The second-order valence-corrected chi connectivity index (χ2v) is 6.85. The number of amides is 1. The van der Waals surface area contributed by atoms with Crippen molar-refractivity contribution in [3.63, 3.8) is 0 Å². The standard InChI is InChI=1S/C21H18F2N2OS/c1-14-8-2-4-10-16(14)24-17-11-5-3-9-15(17)20(26)25-18-12-6-7-13-19(18)27-21(22)23/h2-13,21,24H,1H3,(H,25,26). The van der Waals surface area contributed by atoms with Gasteiger partial charge in [-0.3, -0.25) is 4.79 Å². The molecule has 0 saturated heterocycles. The Morgan fingerprint density at radius 2 is 1.44 bits per heavy atom. The Bertz CT molecular complexity index is 947. The fourth-order valence-corrected chi connectivity index (χ4v) is 3.20. The number of thioether (sulfide) groups is 1. The van der Waals surface area contributed by atoms with E-state index < -0.39 is 5.76 Å². The maximum atomic E-state index is 12.8. The van der Waals surface area contributed by atoms with E-state index in [0.717, 1.165) is 11.3 Å². The van der Waals surface area contributed by atoms with Gasteiger partial charge >= 0.3 is 0 Å². The number of aryl methyl sites for hydroxylation is 1. The van der Waals surface area contributed by atoms with Crippen molar-refractivity contribution in [3.8, 4) is 0 Å². The number of rotatable bonds is 6. The molecule has 6 heteroatoms. The van der Waals surface area contributed by atoms with Gasteiger partial charge in [0.1, 0.15) is 0 Å². The molecule has 0 fully saturated rings. The van der Waals surface area contributed by atoms with Gasteiger partial charge in [-0.25, -0.2) is 0 Å². The number of hydrogen-bond donors (Lipinski definition) is 2. The molecule has 0 atom stereocenters. The number of nitrogens with one attached hydrogen (secondary N) is 2. The minimum absolute atomic E-state index is 0.324. The quantitative estimate of drug-likeness (QED) is 0.490. The monoisotopic (exact) mass is 384 g/mol. The van der Waals surface area contributed by atoms with Crippen molar-refractivity contribution >= 4 is 34.7 Å². The third-order valence-corrected chi connectivity index (χ3v) is 4.73. The molecule has 3 aromatic rings. The van der Waals surface area contributed by atoms with Gasteiger partial charge in [-0.05, 0) is 42.8 Å². The van der Waals surface area contributed by atoms with Crippen LogP contribution in [-0.2, 0) is 0 Å². The zero-order valence-electron chi connectivity index (χ0n) is 14.6. The van der Waals surface area contributed by atoms with Gasteiger partial charge in [0.25, 0.3) is 11.7 Å². The lowest BCUT2D eigenvalue weighted by molar-refractivity contribution is 0.102. The average molecular weight is 384 g/mol. The van der Waals surface area contributed by atoms with Crippen molar-refractivity contribution in [1.29, 1.82) is 0 Å². The molecule has 0 radical (unpaired) electrons. The molecule has 0 spiro atoms. The highest BCUT2D eigenvalue weighted by Crippen LogP contribution is 2.32. The highest BCUT2D eigenvalue weighted by Gasteiger charge is 2.15. The molecular weight excluding hydrogens is 366 g/mol. The van der Waals surface area contributed by atoms with Crippen LogP contribution < -0.4 is 10.6 Å². The molecule has 0 unspecified atom stereocenters. The topological polar surface area (TPSA) is 41.1 Å². The van der Waals surface area contributed by atoms with Crippen LogP contribution in [0.15, 0.2) is 77.7 Å². The average Bonchev–Trinajstić information content (AvgIpc) is 2.65. The predicted molar refractivity (Wildman–Crippen MR) is 107 cm³/mol. The number of benzene rings is 3. The molecule has 0 aliphatic rings. The minimum atomic E-state index is -2.56. The maximum absolute atomic E-state index is 12.8. The zero-order chi connectivity index (χ0) is 19.2. The summed E-state index contributed by atoms with van der Waals surface area (Å²) in [4.78, 5) is 13.1. The number of anilines is 3. The lowest BCUT2D eigenvalue weighted by Gasteiger charge is -2.15. The lowest BCUT2D eigenvalue weighted by Crippen LogP contribution is -2.14. The van der Waals surface area contributed by atoms with Crippen LogP contribution in [0.2, 0.25) is 0 Å². The van der Waals surface area contributed by atoms with Gasteiger partial charge < -0.3 is 10.6 Å². The molecular formula is C21H18F2N2OS. The normalized spacial score (nSPS) is 10.7. The van der Waals surface area contributed by atoms with E-state index in [1.165, 1.54) is 0 Å². The maximum Gasteiger partial charge on any atom is 0.288 e. The van der Waals surface area contributed by atoms with Gasteiger partial charge in [-0.15, -0.1) is 0 Å². The summed E-state index contributed by atoms with van der Waals surface area (Å²) in [6, 6.07) is 21.4. The predicted octanol–water partition coefficient (Wildman–Crippen LogP) is 6.31. The molecule has 3 rings (SSSR count). The number of hydrogen-bond acceptors (Lipinski definition) is 3. The van der Waals surface area contributed by atoms with Gasteiger partial charge in [-0.1, -0.05) is 54.2 Å².